The number of likely N-dealkylation sites (N-methyl/N-ethyl adjacent to an activating group) is 2. The molecule has 3 N–H and O–H groups in total. The van der Waals surface area contributed by atoms with Crippen molar-refractivity contribution >= 4 is 41.9 Å². The first kappa shape index (κ1) is 31.4. The number of nitrogens with one attached hydrogen (secondary N) is 1. The molecule has 0 amide bonds. The zero-order valence-corrected chi connectivity index (χ0v) is 25.1. The molecule has 0 saturated carbocycles. The molecule has 42 heavy (non-hydrogen) atoms. The molecule has 0 aliphatic carbocycles. The van der Waals surface area contributed by atoms with Crippen LogP contribution in [0.4, 0.5) is 5.69 Å². The summed E-state index contributed by atoms with van der Waals surface area (Å²) in [4.78, 5) is 24.8. The van der Waals surface area contributed by atoms with Gasteiger partial charge in [0, 0.05) is 75.1 Å². The second-order valence-corrected chi connectivity index (χ2v) is 10.5. The Labute approximate surface area is 250 Å². The lowest BCUT2D eigenvalue weighted by Gasteiger charge is -2.32. The van der Waals surface area contributed by atoms with Crippen LogP contribution in [0.15, 0.2) is 79.4 Å². The van der Waals surface area contributed by atoms with E-state index in [0.29, 0.717) is 31.0 Å². The number of nitrogens with two attached hydrogens (primary N) is 1. The smallest absolute Gasteiger partial charge is 0.133 e. The van der Waals surface area contributed by atoms with E-state index >= 15 is 0 Å². The SMILES string of the molecule is C=N/C=C(\C=N/CN)C(/N=C)=C1\CCN(c2ccc3cc(CN4CCN(C)CC4)ccc3c2)\C1=N\CCOCCNC. The molecule has 0 radical (unpaired) electrons. The summed E-state index contributed by atoms with van der Waals surface area (Å²) in [5, 5.41) is 5.54. The first-order valence-corrected chi connectivity index (χ1v) is 14.6. The van der Waals surface area contributed by atoms with Gasteiger partial charge in [-0.15, -0.1) is 0 Å². The first-order chi connectivity index (χ1) is 20.6. The van der Waals surface area contributed by atoms with Crippen molar-refractivity contribution in [2.75, 3.05) is 84.7 Å². The van der Waals surface area contributed by atoms with Crippen molar-refractivity contribution in [2.45, 2.75) is 13.0 Å². The highest BCUT2D eigenvalue weighted by Gasteiger charge is 2.29. The van der Waals surface area contributed by atoms with Gasteiger partial charge in [0.15, 0.2) is 0 Å². The fourth-order valence-corrected chi connectivity index (χ4v) is 5.33. The maximum atomic E-state index is 5.75. The van der Waals surface area contributed by atoms with E-state index in [1.54, 1.807) is 12.4 Å². The van der Waals surface area contributed by atoms with Gasteiger partial charge in [-0.3, -0.25) is 24.9 Å². The molecule has 0 bridgehead atoms. The maximum absolute atomic E-state index is 5.75. The number of allylic oxidation sites excluding steroid dienone is 1. The molecule has 2 aromatic rings. The predicted octanol–water partition coefficient (Wildman–Crippen LogP) is 2.96. The number of aliphatic imine (C=N–C) groups is 4. The fraction of sp³-hybridized carbons (Fsp3) is 0.438. The molecule has 0 aromatic heterocycles. The molecule has 10 nitrogen and oxygen atoms in total. The molecular formula is C32H45N9O. The van der Waals surface area contributed by atoms with E-state index in [-0.39, 0.29) is 6.67 Å². The van der Waals surface area contributed by atoms with Crippen molar-refractivity contribution in [3.05, 3.63) is 65.0 Å². The Morgan fingerprint density at radius 2 is 1.83 bits per heavy atom. The van der Waals surface area contributed by atoms with Crippen molar-refractivity contribution in [1.29, 1.82) is 0 Å². The number of hydrogen-bond acceptors (Lipinski definition) is 9. The van der Waals surface area contributed by atoms with E-state index in [1.165, 1.54) is 16.3 Å². The van der Waals surface area contributed by atoms with Crippen LogP contribution in [0.3, 0.4) is 0 Å². The van der Waals surface area contributed by atoms with Gasteiger partial charge in [0.25, 0.3) is 0 Å². The minimum Gasteiger partial charge on any atom is -0.378 e. The van der Waals surface area contributed by atoms with E-state index in [9.17, 15) is 0 Å². The molecule has 0 unspecified atom stereocenters. The number of hydrogen-bond donors (Lipinski definition) is 2. The molecule has 2 saturated heterocycles. The Balaban J connectivity index is 1.62. The molecule has 0 spiro atoms. The van der Waals surface area contributed by atoms with Gasteiger partial charge in [0.2, 0.25) is 0 Å². The third-order valence-electron chi connectivity index (χ3n) is 7.59. The van der Waals surface area contributed by atoms with Crippen molar-refractivity contribution in [3.63, 3.8) is 0 Å². The molecule has 4 rings (SSSR count). The van der Waals surface area contributed by atoms with Gasteiger partial charge in [-0.25, -0.2) is 0 Å². The molecule has 2 heterocycles. The highest BCUT2D eigenvalue weighted by molar-refractivity contribution is 6.14. The number of piperazine rings is 1. The molecule has 2 aliphatic heterocycles. The Kier molecular flexibility index (Phi) is 12.1. The number of amidine groups is 1. The van der Waals surface area contributed by atoms with Crippen molar-refractivity contribution in [3.8, 4) is 0 Å². The molecule has 0 atom stereocenters. The number of ether oxygens (including phenoxy) is 1. The van der Waals surface area contributed by atoms with E-state index < -0.39 is 0 Å². The molecule has 10 heteroatoms. The van der Waals surface area contributed by atoms with Crippen LogP contribution in [-0.2, 0) is 11.3 Å². The third kappa shape index (κ3) is 8.27. The lowest BCUT2D eigenvalue weighted by Crippen LogP contribution is -2.43. The predicted molar refractivity (Wildman–Crippen MR) is 177 cm³/mol. The summed E-state index contributed by atoms with van der Waals surface area (Å²) in [5.74, 6) is 0.858. The van der Waals surface area contributed by atoms with Crippen LogP contribution < -0.4 is 16.0 Å². The van der Waals surface area contributed by atoms with Crippen LogP contribution in [0.25, 0.3) is 10.8 Å². The Bertz CT molecular complexity index is 1340. The van der Waals surface area contributed by atoms with Crippen LogP contribution in [0, 0.1) is 0 Å². The summed E-state index contributed by atoms with van der Waals surface area (Å²) >= 11 is 0. The first-order valence-electron chi connectivity index (χ1n) is 14.6. The van der Waals surface area contributed by atoms with Gasteiger partial charge in [0.05, 0.1) is 32.1 Å². The van der Waals surface area contributed by atoms with Gasteiger partial charge in [-0.2, -0.15) is 0 Å². The summed E-state index contributed by atoms with van der Waals surface area (Å²) in [6, 6.07) is 13.5. The van der Waals surface area contributed by atoms with Crippen molar-refractivity contribution in [2.24, 2.45) is 25.7 Å². The maximum Gasteiger partial charge on any atom is 0.133 e. The van der Waals surface area contributed by atoms with Crippen molar-refractivity contribution < 1.29 is 4.74 Å². The second-order valence-electron chi connectivity index (χ2n) is 10.5. The van der Waals surface area contributed by atoms with E-state index in [1.807, 2.05) is 7.05 Å². The summed E-state index contributed by atoms with van der Waals surface area (Å²) in [6.07, 6.45) is 4.05. The second kappa shape index (κ2) is 16.2. The van der Waals surface area contributed by atoms with Gasteiger partial charge in [-0.05, 0) is 68.5 Å². The molecular weight excluding hydrogens is 526 g/mol. The van der Waals surface area contributed by atoms with E-state index in [2.05, 4.69) is 91.9 Å². The Morgan fingerprint density at radius 1 is 1.05 bits per heavy atom. The summed E-state index contributed by atoms with van der Waals surface area (Å²) in [6.45, 7) is 16.4. The highest BCUT2D eigenvalue weighted by Crippen LogP contribution is 2.32. The average Bonchev–Trinajstić information content (AvgIpc) is 3.42. The van der Waals surface area contributed by atoms with E-state index in [4.69, 9.17) is 15.5 Å². The van der Waals surface area contributed by atoms with Crippen LogP contribution >= 0.6 is 0 Å². The number of benzene rings is 2. The number of anilines is 1. The Morgan fingerprint density at radius 3 is 2.57 bits per heavy atom. The zero-order chi connectivity index (χ0) is 29.7. The van der Waals surface area contributed by atoms with Gasteiger partial charge in [-0.1, -0.05) is 18.2 Å². The highest BCUT2D eigenvalue weighted by atomic mass is 16.5. The standard InChI is InChI=1S/C32H45N9O/c1-34-10-17-42-18-11-38-32-30(31(36-3)28(21-35-2)22-37-24-33)9-12-41(32)29-8-7-26-19-25(5-6-27(26)20-29)23-40-15-13-39(4)14-16-40/h5-8,19-22,34H,2-3,9-18,23-24,33H2,1,4H3/b28-21+,31-30-,37-22-,38-32+. The number of fused-ring (bicyclic) bond motifs is 1. The normalized spacial score (nSPS) is 19.4. The average molecular weight is 572 g/mol. The topological polar surface area (TPSA) is 106 Å². The summed E-state index contributed by atoms with van der Waals surface area (Å²) < 4.78 is 5.75. The van der Waals surface area contributed by atoms with Crippen LogP contribution in [0.2, 0.25) is 0 Å². The number of rotatable bonds is 14. The molecule has 2 aliphatic rings. The third-order valence-corrected chi connectivity index (χ3v) is 7.59. The van der Waals surface area contributed by atoms with Gasteiger partial charge >= 0.3 is 0 Å². The number of nitrogens with zero attached hydrogens (tertiary/aromatic N) is 7. The lowest BCUT2D eigenvalue weighted by atomic mass is 10.0. The van der Waals surface area contributed by atoms with Gasteiger partial charge < -0.3 is 25.6 Å². The van der Waals surface area contributed by atoms with Crippen molar-refractivity contribution in [1.82, 2.24) is 15.1 Å². The minimum absolute atomic E-state index is 0.166. The molecule has 224 valence electrons. The zero-order valence-electron chi connectivity index (χ0n) is 25.1. The van der Waals surface area contributed by atoms with E-state index in [0.717, 1.165) is 69.3 Å². The monoisotopic (exact) mass is 571 g/mol. The quantitative estimate of drug-likeness (QED) is 0.267. The lowest BCUT2D eigenvalue weighted by molar-refractivity contribution is 0.145. The Hall–Kier alpha value is -3.54. The van der Waals surface area contributed by atoms with Crippen LogP contribution in [-0.4, -0.2) is 115 Å². The van der Waals surface area contributed by atoms with Crippen LogP contribution in [0.1, 0.15) is 12.0 Å². The largest absolute Gasteiger partial charge is 0.378 e. The van der Waals surface area contributed by atoms with Gasteiger partial charge in [0.1, 0.15) is 5.84 Å². The summed E-state index contributed by atoms with van der Waals surface area (Å²) in [5.41, 5.74) is 10.4. The minimum atomic E-state index is 0.166. The fourth-order valence-electron chi connectivity index (χ4n) is 5.33. The molecule has 2 aromatic carbocycles. The molecule has 2 fully saturated rings. The summed E-state index contributed by atoms with van der Waals surface area (Å²) in [7, 11) is 4.11. The van der Waals surface area contributed by atoms with Crippen LogP contribution in [0.5, 0.6) is 0 Å².